The van der Waals surface area contributed by atoms with Crippen molar-refractivity contribution in [2.45, 2.75) is 25.9 Å². The van der Waals surface area contributed by atoms with Crippen LogP contribution in [-0.4, -0.2) is 16.9 Å². The molecule has 3 nitrogen and oxygen atoms in total. The SMILES string of the molecule is CC(NC(=O)c1cccn1CC(F)F)c1cccc(Br)c1. The van der Waals surface area contributed by atoms with Crippen molar-refractivity contribution < 1.29 is 13.6 Å². The smallest absolute Gasteiger partial charge is 0.268 e. The minimum absolute atomic E-state index is 0.218. The zero-order valence-electron chi connectivity index (χ0n) is 11.4. The molecule has 0 saturated carbocycles. The van der Waals surface area contributed by atoms with E-state index in [9.17, 15) is 13.6 Å². The van der Waals surface area contributed by atoms with Crippen LogP contribution in [0.15, 0.2) is 47.1 Å². The number of aromatic nitrogens is 1. The van der Waals surface area contributed by atoms with Crippen LogP contribution in [0, 0.1) is 0 Å². The molecule has 1 amide bonds. The number of alkyl halides is 2. The van der Waals surface area contributed by atoms with Gasteiger partial charge in [-0.25, -0.2) is 8.78 Å². The quantitative estimate of drug-likeness (QED) is 0.862. The third-order valence-electron chi connectivity index (χ3n) is 3.09. The zero-order valence-corrected chi connectivity index (χ0v) is 13.0. The summed E-state index contributed by atoms with van der Waals surface area (Å²) >= 11 is 3.37. The van der Waals surface area contributed by atoms with E-state index in [-0.39, 0.29) is 17.6 Å². The van der Waals surface area contributed by atoms with Gasteiger partial charge in [0.05, 0.1) is 12.6 Å². The number of amides is 1. The molecule has 2 aromatic rings. The third kappa shape index (κ3) is 4.14. The van der Waals surface area contributed by atoms with Gasteiger partial charge >= 0.3 is 0 Å². The molecule has 0 fully saturated rings. The van der Waals surface area contributed by atoms with E-state index >= 15 is 0 Å². The lowest BCUT2D eigenvalue weighted by molar-refractivity contribution is 0.0917. The fourth-order valence-electron chi connectivity index (χ4n) is 2.06. The van der Waals surface area contributed by atoms with Crippen molar-refractivity contribution in [3.05, 3.63) is 58.3 Å². The predicted octanol–water partition coefficient (Wildman–Crippen LogP) is 4.01. The number of nitrogens with one attached hydrogen (secondary N) is 1. The van der Waals surface area contributed by atoms with Crippen molar-refractivity contribution in [3.8, 4) is 0 Å². The summed E-state index contributed by atoms with van der Waals surface area (Å²) in [5.41, 5.74) is 1.17. The van der Waals surface area contributed by atoms with Gasteiger partial charge in [-0.05, 0) is 36.8 Å². The number of rotatable bonds is 5. The van der Waals surface area contributed by atoms with Gasteiger partial charge in [0.1, 0.15) is 5.69 Å². The Labute approximate surface area is 130 Å². The molecule has 0 aliphatic carbocycles. The Hall–Kier alpha value is -1.69. The van der Waals surface area contributed by atoms with Gasteiger partial charge in [0.15, 0.2) is 0 Å². The molecule has 1 aromatic heterocycles. The van der Waals surface area contributed by atoms with Gasteiger partial charge in [-0.3, -0.25) is 4.79 Å². The molecule has 0 aliphatic rings. The molecule has 0 radical (unpaired) electrons. The molecule has 21 heavy (non-hydrogen) atoms. The highest BCUT2D eigenvalue weighted by Gasteiger charge is 2.16. The first-order valence-electron chi connectivity index (χ1n) is 6.47. The summed E-state index contributed by atoms with van der Waals surface area (Å²) in [7, 11) is 0. The largest absolute Gasteiger partial charge is 0.344 e. The third-order valence-corrected chi connectivity index (χ3v) is 3.59. The van der Waals surface area contributed by atoms with Crippen molar-refractivity contribution in [2.75, 3.05) is 0 Å². The fourth-order valence-corrected chi connectivity index (χ4v) is 2.47. The standard InChI is InChI=1S/C15H15BrF2N2O/c1-10(11-4-2-5-12(16)8-11)19-15(21)13-6-3-7-20(13)9-14(17)18/h2-8,10,14H,9H2,1H3,(H,19,21). The van der Waals surface area contributed by atoms with Crippen LogP contribution in [0.25, 0.3) is 0 Å². The highest BCUT2D eigenvalue weighted by molar-refractivity contribution is 9.10. The molecule has 0 spiro atoms. The molecule has 1 unspecified atom stereocenters. The lowest BCUT2D eigenvalue weighted by atomic mass is 10.1. The molecule has 2 rings (SSSR count). The summed E-state index contributed by atoms with van der Waals surface area (Å²) in [6.07, 6.45) is -1.02. The Morgan fingerprint density at radius 1 is 1.33 bits per heavy atom. The molecular weight excluding hydrogens is 342 g/mol. The summed E-state index contributed by atoms with van der Waals surface area (Å²) < 4.78 is 27.1. The molecule has 1 heterocycles. The van der Waals surface area contributed by atoms with Crippen LogP contribution >= 0.6 is 15.9 Å². The number of benzene rings is 1. The van der Waals surface area contributed by atoms with Crippen LogP contribution in [-0.2, 0) is 6.54 Å². The molecule has 1 aromatic carbocycles. The molecule has 0 saturated heterocycles. The summed E-state index contributed by atoms with van der Waals surface area (Å²) in [5.74, 6) is -0.367. The van der Waals surface area contributed by atoms with E-state index in [1.165, 1.54) is 16.8 Å². The van der Waals surface area contributed by atoms with E-state index in [1.54, 1.807) is 6.07 Å². The maximum atomic E-state index is 12.5. The van der Waals surface area contributed by atoms with Crippen molar-refractivity contribution in [1.29, 1.82) is 0 Å². The topological polar surface area (TPSA) is 34.0 Å². The van der Waals surface area contributed by atoms with Crippen LogP contribution in [0.2, 0.25) is 0 Å². The van der Waals surface area contributed by atoms with Crippen molar-refractivity contribution >= 4 is 21.8 Å². The Morgan fingerprint density at radius 2 is 2.10 bits per heavy atom. The Kier molecular flexibility index (Phi) is 5.12. The van der Waals surface area contributed by atoms with Gasteiger partial charge in [-0.15, -0.1) is 0 Å². The number of carbonyl (C=O) groups is 1. The van der Waals surface area contributed by atoms with Gasteiger partial charge in [-0.2, -0.15) is 0 Å². The summed E-state index contributed by atoms with van der Waals surface area (Å²) in [6, 6.07) is 10.5. The minimum atomic E-state index is -2.49. The van der Waals surface area contributed by atoms with Gasteiger partial charge in [0, 0.05) is 10.7 Å². The van der Waals surface area contributed by atoms with E-state index in [1.807, 2.05) is 31.2 Å². The monoisotopic (exact) mass is 356 g/mol. The molecule has 6 heteroatoms. The fraction of sp³-hybridized carbons (Fsp3) is 0.267. The molecule has 1 N–H and O–H groups in total. The first-order valence-corrected chi connectivity index (χ1v) is 7.26. The number of hydrogen-bond donors (Lipinski definition) is 1. The first-order chi connectivity index (χ1) is 9.97. The van der Waals surface area contributed by atoms with Crippen molar-refractivity contribution in [2.24, 2.45) is 0 Å². The lowest BCUT2D eigenvalue weighted by Gasteiger charge is -2.16. The Balaban J connectivity index is 2.09. The average molecular weight is 357 g/mol. The highest BCUT2D eigenvalue weighted by atomic mass is 79.9. The average Bonchev–Trinajstić information content (AvgIpc) is 2.86. The van der Waals surface area contributed by atoms with Crippen molar-refractivity contribution in [1.82, 2.24) is 9.88 Å². The van der Waals surface area contributed by atoms with Crippen LogP contribution in [0.1, 0.15) is 29.0 Å². The lowest BCUT2D eigenvalue weighted by Crippen LogP contribution is -2.29. The maximum absolute atomic E-state index is 12.5. The van der Waals surface area contributed by atoms with E-state index in [0.29, 0.717) is 0 Å². The minimum Gasteiger partial charge on any atom is -0.344 e. The number of hydrogen-bond acceptors (Lipinski definition) is 1. The predicted molar refractivity (Wildman–Crippen MR) is 80.5 cm³/mol. The summed E-state index contributed by atoms with van der Waals surface area (Å²) in [5, 5.41) is 2.81. The van der Waals surface area contributed by atoms with Crippen LogP contribution in [0.4, 0.5) is 8.78 Å². The van der Waals surface area contributed by atoms with Crippen LogP contribution < -0.4 is 5.32 Å². The zero-order chi connectivity index (χ0) is 15.4. The molecule has 0 aliphatic heterocycles. The summed E-state index contributed by atoms with van der Waals surface area (Å²) in [4.78, 5) is 12.2. The Bertz CT molecular complexity index is 628. The van der Waals surface area contributed by atoms with Crippen LogP contribution in [0.5, 0.6) is 0 Å². The van der Waals surface area contributed by atoms with Gasteiger partial charge < -0.3 is 9.88 Å². The second kappa shape index (κ2) is 6.85. The molecular formula is C15H15BrF2N2O. The van der Waals surface area contributed by atoms with Gasteiger partial charge in [0.25, 0.3) is 12.3 Å². The van der Waals surface area contributed by atoms with Gasteiger partial charge in [-0.1, -0.05) is 28.1 Å². The number of carbonyl (C=O) groups excluding carboxylic acids is 1. The highest BCUT2D eigenvalue weighted by Crippen LogP contribution is 2.18. The number of halogens is 3. The molecule has 112 valence electrons. The second-order valence-corrected chi connectivity index (χ2v) is 5.60. The van der Waals surface area contributed by atoms with E-state index in [0.717, 1.165) is 10.0 Å². The van der Waals surface area contributed by atoms with Crippen molar-refractivity contribution in [3.63, 3.8) is 0 Å². The van der Waals surface area contributed by atoms with E-state index in [2.05, 4.69) is 21.2 Å². The number of nitrogens with zero attached hydrogens (tertiary/aromatic N) is 1. The summed E-state index contributed by atoms with van der Waals surface area (Å²) in [6.45, 7) is 1.36. The Morgan fingerprint density at radius 3 is 2.76 bits per heavy atom. The second-order valence-electron chi connectivity index (χ2n) is 4.69. The maximum Gasteiger partial charge on any atom is 0.268 e. The van der Waals surface area contributed by atoms with Crippen LogP contribution in [0.3, 0.4) is 0 Å². The van der Waals surface area contributed by atoms with Gasteiger partial charge in [0.2, 0.25) is 0 Å². The normalized spacial score (nSPS) is 12.4. The molecule has 0 bridgehead atoms. The van der Waals surface area contributed by atoms with E-state index in [4.69, 9.17) is 0 Å². The van der Waals surface area contributed by atoms with E-state index < -0.39 is 13.0 Å². The molecule has 1 atom stereocenters. The first kappa shape index (κ1) is 15.7.